The van der Waals surface area contributed by atoms with E-state index in [4.69, 9.17) is 19.3 Å². The van der Waals surface area contributed by atoms with Crippen LogP contribution in [0.3, 0.4) is 0 Å². The Morgan fingerprint density at radius 1 is 1.07 bits per heavy atom. The van der Waals surface area contributed by atoms with Crippen LogP contribution in [0.5, 0.6) is 11.5 Å². The SMILES string of the molecule is COCCCNC(=O)CN1C(=O)CSC(c2ccc3c(c2)OCO3)c2c(-c3ccccc3)nn(-c3ccc(C)cc3C)c21. The van der Waals surface area contributed by atoms with Gasteiger partial charge in [-0.25, -0.2) is 4.68 Å². The summed E-state index contributed by atoms with van der Waals surface area (Å²) in [5.41, 5.74) is 6.49. The van der Waals surface area contributed by atoms with E-state index in [1.54, 1.807) is 12.0 Å². The second-order valence-electron chi connectivity index (χ2n) is 10.6. The number of carbonyl (C=O) groups excluding carboxylic acids is 2. The number of benzene rings is 3. The number of methoxy groups -OCH3 is 1. The molecule has 6 rings (SSSR count). The minimum Gasteiger partial charge on any atom is -0.454 e. The Balaban J connectivity index is 1.55. The molecule has 0 saturated carbocycles. The highest BCUT2D eigenvalue weighted by Gasteiger charge is 2.38. The van der Waals surface area contributed by atoms with Crippen molar-refractivity contribution >= 4 is 29.4 Å². The van der Waals surface area contributed by atoms with Gasteiger partial charge in [0.1, 0.15) is 12.4 Å². The maximum atomic E-state index is 13.9. The molecule has 0 saturated heterocycles. The molecule has 2 aliphatic heterocycles. The number of rotatable bonds is 9. The standard InChI is InChI=1S/C33H34N4O5S/c1-21-10-12-25(22(2)16-21)37-33-30(31(35-37)23-8-5-4-6-9-23)32(24-11-13-26-27(17-24)42-20-41-26)43-19-29(39)36(33)18-28(38)34-14-7-15-40-3/h4-6,8-13,16-17,32H,7,14-15,18-20H2,1-3H3,(H,34,38). The smallest absolute Gasteiger partial charge is 0.240 e. The van der Waals surface area contributed by atoms with E-state index in [-0.39, 0.29) is 36.2 Å². The van der Waals surface area contributed by atoms with Crippen molar-refractivity contribution in [1.29, 1.82) is 0 Å². The lowest BCUT2D eigenvalue weighted by Gasteiger charge is -2.24. The number of nitrogens with zero attached hydrogens (tertiary/aromatic N) is 3. The molecule has 0 bridgehead atoms. The van der Waals surface area contributed by atoms with Crippen molar-refractivity contribution in [3.8, 4) is 28.4 Å². The Labute approximate surface area is 255 Å². The van der Waals surface area contributed by atoms with Crippen molar-refractivity contribution in [2.24, 2.45) is 0 Å². The number of ether oxygens (including phenoxy) is 3. The largest absolute Gasteiger partial charge is 0.454 e. The third kappa shape index (κ3) is 5.85. The van der Waals surface area contributed by atoms with Gasteiger partial charge in [0.15, 0.2) is 11.5 Å². The number of hydrogen-bond donors (Lipinski definition) is 1. The number of amides is 2. The molecule has 43 heavy (non-hydrogen) atoms. The third-order valence-corrected chi connectivity index (χ3v) is 8.82. The molecule has 0 fully saturated rings. The summed E-state index contributed by atoms with van der Waals surface area (Å²) in [6, 6.07) is 22.0. The first-order valence-corrected chi connectivity index (χ1v) is 15.3. The van der Waals surface area contributed by atoms with Gasteiger partial charge in [-0.15, -0.1) is 11.8 Å². The quantitative estimate of drug-likeness (QED) is 0.265. The van der Waals surface area contributed by atoms with Gasteiger partial charge in [-0.3, -0.25) is 14.5 Å². The Hall–Kier alpha value is -4.28. The molecule has 3 aromatic carbocycles. The molecule has 2 aliphatic rings. The van der Waals surface area contributed by atoms with Gasteiger partial charge >= 0.3 is 0 Å². The third-order valence-electron chi connectivity index (χ3n) is 7.57. The molecule has 3 heterocycles. The van der Waals surface area contributed by atoms with Gasteiger partial charge in [-0.2, -0.15) is 5.10 Å². The summed E-state index contributed by atoms with van der Waals surface area (Å²) in [5.74, 6) is 1.75. The molecule has 10 heteroatoms. The molecule has 1 N–H and O–H groups in total. The van der Waals surface area contributed by atoms with E-state index in [1.807, 2.05) is 79.2 Å². The topological polar surface area (TPSA) is 94.9 Å². The van der Waals surface area contributed by atoms with E-state index in [0.29, 0.717) is 36.9 Å². The molecule has 0 radical (unpaired) electrons. The number of nitrogens with one attached hydrogen (secondary N) is 1. The van der Waals surface area contributed by atoms with Gasteiger partial charge < -0.3 is 19.5 Å². The molecule has 9 nitrogen and oxygen atoms in total. The lowest BCUT2D eigenvalue weighted by molar-refractivity contribution is -0.122. The highest BCUT2D eigenvalue weighted by atomic mass is 32.2. The van der Waals surface area contributed by atoms with Crippen LogP contribution < -0.4 is 19.7 Å². The average Bonchev–Trinajstić information content (AvgIpc) is 3.60. The first-order chi connectivity index (χ1) is 20.9. The van der Waals surface area contributed by atoms with Gasteiger partial charge in [0.2, 0.25) is 18.6 Å². The second kappa shape index (κ2) is 12.5. The summed E-state index contributed by atoms with van der Waals surface area (Å²) >= 11 is 1.52. The average molecular weight is 599 g/mol. The number of aromatic nitrogens is 2. The summed E-state index contributed by atoms with van der Waals surface area (Å²) in [7, 11) is 1.63. The predicted molar refractivity (Wildman–Crippen MR) is 167 cm³/mol. The van der Waals surface area contributed by atoms with Gasteiger partial charge in [0.05, 0.1) is 22.4 Å². The van der Waals surface area contributed by atoms with Crippen molar-refractivity contribution in [3.63, 3.8) is 0 Å². The summed E-state index contributed by atoms with van der Waals surface area (Å²) in [4.78, 5) is 28.8. The highest BCUT2D eigenvalue weighted by molar-refractivity contribution is 8.00. The Kier molecular flexibility index (Phi) is 8.40. The monoisotopic (exact) mass is 598 g/mol. The van der Waals surface area contributed by atoms with E-state index in [0.717, 1.165) is 39.2 Å². The number of anilines is 1. The predicted octanol–water partition coefficient (Wildman–Crippen LogP) is 5.21. The second-order valence-corrected chi connectivity index (χ2v) is 11.7. The molecule has 222 valence electrons. The van der Waals surface area contributed by atoms with Crippen LogP contribution in [0.15, 0.2) is 66.7 Å². The molecule has 2 amide bonds. The van der Waals surface area contributed by atoms with E-state index in [9.17, 15) is 9.59 Å². The number of thioether (sulfide) groups is 1. The Morgan fingerprint density at radius 3 is 2.67 bits per heavy atom. The van der Waals surface area contributed by atoms with E-state index < -0.39 is 0 Å². The number of fused-ring (bicyclic) bond motifs is 2. The van der Waals surface area contributed by atoms with Crippen LogP contribution in [0, 0.1) is 13.8 Å². The summed E-state index contributed by atoms with van der Waals surface area (Å²) < 4.78 is 18.3. The lowest BCUT2D eigenvalue weighted by Crippen LogP contribution is -2.42. The fourth-order valence-corrected chi connectivity index (χ4v) is 6.71. The fourth-order valence-electron chi connectivity index (χ4n) is 5.52. The minimum absolute atomic E-state index is 0.127. The van der Waals surface area contributed by atoms with Crippen LogP contribution in [0.2, 0.25) is 0 Å². The zero-order valence-electron chi connectivity index (χ0n) is 24.5. The number of carbonyl (C=O) groups is 2. The maximum absolute atomic E-state index is 13.9. The van der Waals surface area contributed by atoms with E-state index in [2.05, 4.69) is 11.4 Å². The van der Waals surface area contributed by atoms with Crippen LogP contribution in [0.1, 0.15) is 33.9 Å². The van der Waals surface area contributed by atoms with Crippen molar-refractivity contribution in [3.05, 3.63) is 89.0 Å². The number of hydrogen-bond acceptors (Lipinski definition) is 7. The first-order valence-electron chi connectivity index (χ1n) is 14.3. The van der Waals surface area contributed by atoms with Gasteiger partial charge in [0, 0.05) is 31.4 Å². The van der Waals surface area contributed by atoms with Crippen LogP contribution in [-0.2, 0) is 14.3 Å². The lowest BCUT2D eigenvalue weighted by atomic mass is 9.99. The van der Waals surface area contributed by atoms with Crippen molar-refractivity contribution < 1.29 is 23.8 Å². The van der Waals surface area contributed by atoms with E-state index in [1.165, 1.54) is 11.8 Å². The van der Waals surface area contributed by atoms with Gasteiger partial charge in [0.25, 0.3) is 0 Å². The van der Waals surface area contributed by atoms with Crippen molar-refractivity contribution in [1.82, 2.24) is 15.1 Å². The molecule has 4 aromatic rings. The maximum Gasteiger partial charge on any atom is 0.240 e. The van der Waals surface area contributed by atoms with Gasteiger partial charge in [-0.05, 0) is 49.6 Å². The van der Waals surface area contributed by atoms with Crippen LogP contribution in [-0.4, -0.2) is 60.9 Å². The molecule has 0 spiro atoms. The normalized spacial score (nSPS) is 15.7. The first kappa shape index (κ1) is 28.8. The fraction of sp³-hybridized carbons (Fsp3) is 0.303. The highest BCUT2D eigenvalue weighted by Crippen LogP contribution is 2.50. The zero-order valence-corrected chi connectivity index (χ0v) is 25.3. The molecular weight excluding hydrogens is 564 g/mol. The number of aryl methyl sites for hydroxylation is 2. The molecule has 1 unspecified atom stereocenters. The van der Waals surface area contributed by atoms with Gasteiger partial charge in [-0.1, -0.05) is 54.1 Å². The Bertz CT molecular complexity index is 1650. The van der Waals surface area contributed by atoms with Crippen molar-refractivity contribution in [2.75, 3.05) is 44.3 Å². The summed E-state index contributed by atoms with van der Waals surface area (Å²) in [6.07, 6.45) is 0.683. The molecule has 1 atom stereocenters. The Morgan fingerprint density at radius 2 is 1.88 bits per heavy atom. The minimum atomic E-state index is -0.266. The zero-order chi connectivity index (χ0) is 29.9. The molecule has 0 aliphatic carbocycles. The summed E-state index contributed by atoms with van der Waals surface area (Å²) in [5, 5.41) is 7.88. The molecule has 1 aromatic heterocycles. The molecular formula is C33H34N4O5S. The van der Waals surface area contributed by atoms with Crippen LogP contribution in [0.4, 0.5) is 5.82 Å². The van der Waals surface area contributed by atoms with Crippen LogP contribution in [0.25, 0.3) is 16.9 Å². The van der Waals surface area contributed by atoms with Crippen LogP contribution >= 0.6 is 11.8 Å². The van der Waals surface area contributed by atoms with Crippen molar-refractivity contribution in [2.45, 2.75) is 25.5 Å². The summed E-state index contributed by atoms with van der Waals surface area (Å²) in [6.45, 7) is 5.13. The van der Waals surface area contributed by atoms with E-state index >= 15 is 0 Å².